The minimum Gasteiger partial charge on any atom is -0.398 e. The highest BCUT2D eigenvalue weighted by molar-refractivity contribution is 7.92. The number of nitrogens with one attached hydrogen (secondary N) is 1. The van der Waals surface area contributed by atoms with Gasteiger partial charge >= 0.3 is 0 Å². The molecule has 0 bridgehead atoms. The second-order valence-corrected chi connectivity index (χ2v) is 7.14. The summed E-state index contributed by atoms with van der Waals surface area (Å²) < 4.78 is 27.5. The van der Waals surface area contributed by atoms with Crippen molar-refractivity contribution in [3.63, 3.8) is 0 Å². The fourth-order valence-corrected chi connectivity index (χ4v) is 3.43. The minimum atomic E-state index is -3.68. The predicted molar refractivity (Wildman–Crippen MR) is 87.3 cm³/mol. The second-order valence-electron chi connectivity index (χ2n) is 5.02. The molecule has 0 aliphatic rings. The van der Waals surface area contributed by atoms with Crippen LogP contribution in [0.2, 0.25) is 5.02 Å². The van der Waals surface area contributed by atoms with Gasteiger partial charge in [-0.1, -0.05) is 11.6 Å². The molecule has 112 valence electrons. The molecule has 0 radical (unpaired) electrons. The van der Waals surface area contributed by atoms with Crippen LogP contribution in [0.5, 0.6) is 0 Å². The predicted octanol–water partition coefficient (Wildman–Crippen LogP) is 3.65. The van der Waals surface area contributed by atoms with Gasteiger partial charge in [-0.3, -0.25) is 4.72 Å². The van der Waals surface area contributed by atoms with Crippen molar-refractivity contribution in [2.75, 3.05) is 10.5 Å². The number of hydrogen-bond acceptors (Lipinski definition) is 3. The van der Waals surface area contributed by atoms with Crippen molar-refractivity contribution in [2.24, 2.45) is 0 Å². The molecule has 21 heavy (non-hydrogen) atoms. The molecule has 0 aliphatic carbocycles. The quantitative estimate of drug-likeness (QED) is 0.846. The van der Waals surface area contributed by atoms with E-state index in [1.54, 1.807) is 31.2 Å². The van der Waals surface area contributed by atoms with Crippen molar-refractivity contribution in [3.8, 4) is 0 Å². The largest absolute Gasteiger partial charge is 0.398 e. The second kappa shape index (κ2) is 5.58. The van der Waals surface area contributed by atoms with Crippen LogP contribution < -0.4 is 10.5 Å². The Kier molecular flexibility index (Phi) is 4.16. The maximum Gasteiger partial charge on any atom is 0.261 e. The smallest absolute Gasteiger partial charge is 0.261 e. The first-order valence-corrected chi connectivity index (χ1v) is 8.22. The summed E-state index contributed by atoms with van der Waals surface area (Å²) in [7, 11) is -3.68. The van der Waals surface area contributed by atoms with E-state index in [0.717, 1.165) is 16.7 Å². The minimum absolute atomic E-state index is 0.150. The Labute approximate surface area is 130 Å². The molecular weight excluding hydrogens is 308 g/mol. The van der Waals surface area contributed by atoms with Gasteiger partial charge in [-0.25, -0.2) is 8.42 Å². The number of nitrogens with two attached hydrogens (primary N) is 1. The summed E-state index contributed by atoms with van der Waals surface area (Å²) in [5, 5.41) is 0.561. The number of aryl methyl sites for hydroxylation is 2. The molecule has 0 aliphatic heterocycles. The molecule has 0 fully saturated rings. The standard InChI is InChI=1S/C15H17ClN2O2S/c1-9-7-13(8-14(17)11(9)3)21(19,20)18-15-5-4-12(16)6-10(15)2/h4-8,18H,17H2,1-3H3. The first-order valence-electron chi connectivity index (χ1n) is 6.36. The highest BCUT2D eigenvalue weighted by Crippen LogP contribution is 2.26. The van der Waals surface area contributed by atoms with Crippen molar-refractivity contribution in [1.82, 2.24) is 0 Å². The van der Waals surface area contributed by atoms with Gasteiger partial charge in [0.05, 0.1) is 10.6 Å². The Bertz CT molecular complexity index is 778. The highest BCUT2D eigenvalue weighted by Gasteiger charge is 2.17. The summed E-state index contributed by atoms with van der Waals surface area (Å²) in [5.74, 6) is 0. The highest BCUT2D eigenvalue weighted by atomic mass is 35.5. The average molecular weight is 325 g/mol. The van der Waals surface area contributed by atoms with E-state index in [-0.39, 0.29) is 4.90 Å². The molecule has 2 rings (SSSR count). The number of halogens is 1. The lowest BCUT2D eigenvalue weighted by atomic mass is 10.1. The number of sulfonamides is 1. The third kappa shape index (κ3) is 3.31. The molecule has 0 amide bonds. The fraction of sp³-hybridized carbons (Fsp3) is 0.200. The van der Waals surface area contributed by atoms with Crippen LogP contribution in [-0.4, -0.2) is 8.42 Å². The van der Waals surface area contributed by atoms with Crippen molar-refractivity contribution < 1.29 is 8.42 Å². The summed E-state index contributed by atoms with van der Waals surface area (Å²) >= 11 is 5.87. The van der Waals surface area contributed by atoms with Crippen LogP contribution in [-0.2, 0) is 10.0 Å². The zero-order valence-corrected chi connectivity index (χ0v) is 13.6. The molecule has 0 atom stereocenters. The summed E-state index contributed by atoms with van der Waals surface area (Å²) in [6.45, 7) is 5.48. The molecule has 6 heteroatoms. The van der Waals surface area contributed by atoms with E-state index >= 15 is 0 Å². The van der Waals surface area contributed by atoms with Gasteiger partial charge in [-0.2, -0.15) is 0 Å². The van der Waals surface area contributed by atoms with E-state index in [9.17, 15) is 8.42 Å². The maximum atomic E-state index is 12.5. The molecule has 0 saturated carbocycles. The molecule has 0 aromatic heterocycles. The number of nitrogen functional groups attached to an aromatic ring is 1. The van der Waals surface area contributed by atoms with Crippen molar-refractivity contribution >= 4 is 33.0 Å². The summed E-state index contributed by atoms with van der Waals surface area (Å²) in [4.78, 5) is 0.150. The van der Waals surface area contributed by atoms with Crippen LogP contribution in [0.1, 0.15) is 16.7 Å². The Balaban J connectivity index is 2.43. The number of benzene rings is 2. The molecular formula is C15H17ClN2O2S. The molecule has 4 nitrogen and oxygen atoms in total. The fourth-order valence-electron chi connectivity index (χ4n) is 1.95. The Morgan fingerprint density at radius 2 is 1.71 bits per heavy atom. The van der Waals surface area contributed by atoms with Gasteiger partial charge in [0.15, 0.2) is 0 Å². The zero-order chi connectivity index (χ0) is 15.8. The lowest BCUT2D eigenvalue weighted by Crippen LogP contribution is -2.14. The molecule has 2 aromatic carbocycles. The Hall–Kier alpha value is -1.72. The van der Waals surface area contributed by atoms with Crippen LogP contribution in [0, 0.1) is 20.8 Å². The summed E-state index contributed by atoms with van der Waals surface area (Å²) in [6, 6.07) is 8.06. The maximum absolute atomic E-state index is 12.5. The van der Waals surface area contributed by atoms with Crippen LogP contribution >= 0.6 is 11.6 Å². The van der Waals surface area contributed by atoms with E-state index in [1.807, 2.05) is 13.8 Å². The first kappa shape index (κ1) is 15.7. The molecule has 0 heterocycles. The van der Waals surface area contributed by atoms with E-state index < -0.39 is 10.0 Å². The zero-order valence-electron chi connectivity index (χ0n) is 12.1. The SMILES string of the molecule is Cc1cc(Cl)ccc1NS(=O)(=O)c1cc(C)c(C)c(N)c1. The van der Waals surface area contributed by atoms with Crippen molar-refractivity contribution in [1.29, 1.82) is 0 Å². The molecule has 0 saturated heterocycles. The lowest BCUT2D eigenvalue weighted by Gasteiger charge is -2.13. The first-order chi connectivity index (χ1) is 9.70. The van der Waals surface area contributed by atoms with Gasteiger partial charge in [0.1, 0.15) is 0 Å². The number of anilines is 2. The van der Waals surface area contributed by atoms with Gasteiger partial charge in [0.25, 0.3) is 10.0 Å². The van der Waals surface area contributed by atoms with Crippen molar-refractivity contribution in [3.05, 3.63) is 52.0 Å². The summed E-state index contributed by atoms with van der Waals surface area (Å²) in [5.41, 5.74) is 9.28. The normalized spacial score (nSPS) is 11.4. The van der Waals surface area contributed by atoms with Gasteiger partial charge in [0, 0.05) is 10.7 Å². The summed E-state index contributed by atoms with van der Waals surface area (Å²) in [6.07, 6.45) is 0. The number of hydrogen-bond donors (Lipinski definition) is 2. The molecule has 3 N–H and O–H groups in total. The van der Waals surface area contributed by atoms with E-state index in [0.29, 0.717) is 16.4 Å². The average Bonchev–Trinajstić information content (AvgIpc) is 2.38. The van der Waals surface area contributed by atoms with Crippen LogP contribution in [0.15, 0.2) is 35.2 Å². The Morgan fingerprint density at radius 1 is 1.05 bits per heavy atom. The molecule has 2 aromatic rings. The van der Waals surface area contributed by atoms with Crippen molar-refractivity contribution in [2.45, 2.75) is 25.7 Å². The number of rotatable bonds is 3. The lowest BCUT2D eigenvalue weighted by molar-refractivity contribution is 0.601. The Morgan fingerprint density at radius 3 is 2.29 bits per heavy atom. The van der Waals surface area contributed by atoms with Crippen LogP contribution in [0.3, 0.4) is 0 Å². The monoisotopic (exact) mass is 324 g/mol. The molecule has 0 spiro atoms. The van der Waals surface area contributed by atoms with Crippen LogP contribution in [0.4, 0.5) is 11.4 Å². The van der Waals surface area contributed by atoms with Gasteiger partial charge in [0.2, 0.25) is 0 Å². The topological polar surface area (TPSA) is 72.2 Å². The van der Waals surface area contributed by atoms with E-state index in [1.165, 1.54) is 6.07 Å². The van der Waals surface area contributed by atoms with Gasteiger partial charge in [-0.15, -0.1) is 0 Å². The third-order valence-corrected chi connectivity index (χ3v) is 5.00. The molecule has 0 unspecified atom stereocenters. The van der Waals surface area contributed by atoms with E-state index in [4.69, 9.17) is 17.3 Å². The van der Waals surface area contributed by atoms with E-state index in [2.05, 4.69) is 4.72 Å². The van der Waals surface area contributed by atoms with Gasteiger partial charge in [-0.05, 0) is 67.8 Å². The third-order valence-electron chi connectivity index (χ3n) is 3.42. The van der Waals surface area contributed by atoms with Gasteiger partial charge < -0.3 is 5.73 Å². The van der Waals surface area contributed by atoms with Crippen LogP contribution in [0.25, 0.3) is 0 Å².